The molecule has 0 saturated carbocycles. The van der Waals surface area contributed by atoms with Gasteiger partial charge < -0.3 is 8.83 Å². The van der Waals surface area contributed by atoms with E-state index < -0.39 is 109 Å². The van der Waals surface area contributed by atoms with E-state index in [4.69, 9.17) is 18.4 Å². The highest BCUT2D eigenvalue weighted by molar-refractivity contribution is 6.28. The summed E-state index contributed by atoms with van der Waals surface area (Å²) >= 11 is 0. The lowest BCUT2D eigenvalue weighted by Gasteiger charge is -2.22. The molecule has 0 radical (unpaired) electrons. The minimum Gasteiger partial charge on any atom is -0.456 e. The lowest BCUT2D eigenvalue weighted by atomic mass is 9.81. The van der Waals surface area contributed by atoms with E-state index in [0.29, 0.717) is 55.4 Å². The maximum absolute atomic E-state index is 10.2. The molecule has 2 nitrogen and oxygen atoms in total. The lowest BCUT2D eigenvalue weighted by molar-refractivity contribution is 0.668. The van der Waals surface area contributed by atoms with Crippen LogP contribution in [0.4, 0.5) is 0 Å². The van der Waals surface area contributed by atoms with Gasteiger partial charge in [0.05, 0.1) is 24.7 Å². The quantitative estimate of drug-likeness (QED) is 0.165. The molecule has 2 aromatic heterocycles. The van der Waals surface area contributed by atoms with Crippen LogP contribution < -0.4 is 0 Å². The second kappa shape index (κ2) is 12.6. The van der Waals surface area contributed by atoms with E-state index in [1.807, 2.05) is 60.7 Å². The SMILES string of the molecule is [2H]c1c([2H])c2c([2H])c([2H])c3c([2H])c([2H])c(-c4cc(-c5ccc6oc7ccccc7c6c5)c(-c5ccc6oc7ccccc7c6c5)c(-c5c([2H])c([2H])c6c([2H])c([2H])c7c([2H])c([2H])c([2H])c8c([2H])c([2H])c5c6c78)c4)c4c([2H])c([2H])c(c1[2H])c2c34. The van der Waals surface area contributed by atoms with Crippen molar-refractivity contribution in [1.82, 2.24) is 0 Å². The minimum atomic E-state index is -0.629. The van der Waals surface area contributed by atoms with Crippen LogP contribution in [0.5, 0.6) is 0 Å². The molecule has 0 atom stereocenters. The highest BCUT2D eigenvalue weighted by Gasteiger charge is 2.23. The van der Waals surface area contributed by atoms with Crippen molar-refractivity contribution >= 4 is 109 Å². The number of rotatable bonds is 4. The summed E-state index contributed by atoms with van der Waals surface area (Å²) < 4.78 is 182. The molecular formula is C62H34O2. The standard InChI is InChI=1S/C62H34O2/c1-3-13-54-46(11-1)51-31-41(23-29-56(51)63-54)50-33-43(44-25-19-39-17-15-35-7-5-9-37-21-27-48(44)61(39)58(35)37)34-53(60(50)42-24-30-57-52(32-42)47-12-2-4-14-55(47)64-57)45-26-20-40-18-16-36-8-6-10-38-22-28-49(45)62(40)59(36)38/h1-34H/i5D,6D,7D,8D,9D,10D,15D,16D,17D,18D,19D,20D,21D,22D,25D,26D,27D,28D. The fraction of sp³-hybridized carbons (Fsp3) is 0. The molecule has 0 amide bonds. The van der Waals surface area contributed by atoms with Gasteiger partial charge in [-0.15, -0.1) is 0 Å². The zero-order chi connectivity index (χ0) is 57.3. The summed E-state index contributed by atoms with van der Waals surface area (Å²) in [7, 11) is 0. The highest BCUT2D eigenvalue weighted by atomic mass is 16.3. The smallest absolute Gasteiger partial charge is 0.135 e. The van der Waals surface area contributed by atoms with Crippen LogP contribution in [0, 0.1) is 0 Å². The van der Waals surface area contributed by atoms with Crippen molar-refractivity contribution in [3.63, 3.8) is 0 Å². The Labute approximate surface area is 391 Å². The topological polar surface area (TPSA) is 26.3 Å². The van der Waals surface area contributed by atoms with Crippen molar-refractivity contribution < 1.29 is 33.5 Å². The van der Waals surface area contributed by atoms with Crippen molar-refractivity contribution in [3.05, 3.63) is 206 Å². The van der Waals surface area contributed by atoms with E-state index in [1.165, 1.54) is 0 Å². The average Bonchev–Trinajstić information content (AvgIpc) is 4.28. The van der Waals surface area contributed by atoms with Crippen LogP contribution in [0.25, 0.3) is 153 Å². The minimum absolute atomic E-state index is 0.0502. The van der Waals surface area contributed by atoms with Crippen molar-refractivity contribution in [2.45, 2.75) is 0 Å². The van der Waals surface area contributed by atoms with Gasteiger partial charge in [0.2, 0.25) is 0 Å². The Morgan fingerprint density at radius 3 is 1.31 bits per heavy atom. The highest BCUT2D eigenvalue weighted by Crippen LogP contribution is 2.50. The molecule has 294 valence electrons. The predicted octanol–water partition coefficient (Wildman–Crippen LogP) is 17.9. The van der Waals surface area contributed by atoms with E-state index in [-0.39, 0.29) is 86.9 Å². The maximum atomic E-state index is 10.2. The molecule has 0 saturated heterocycles. The van der Waals surface area contributed by atoms with Crippen molar-refractivity contribution in [2.24, 2.45) is 0 Å². The Morgan fingerprint density at radius 2 is 0.719 bits per heavy atom. The van der Waals surface area contributed by atoms with Crippen LogP contribution in [0.3, 0.4) is 0 Å². The number of benzene rings is 13. The molecular weight excluding hydrogens is 777 g/mol. The summed E-state index contributed by atoms with van der Waals surface area (Å²) in [5.74, 6) is 0. The molecule has 2 heterocycles. The number of para-hydroxylation sites is 2. The van der Waals surface area contributed by atoms with E-state index >= 15 is 0 Å². The molecule has 0 aliphatic carbocycles. The first-order valence-electron chi connectivity index (χ1n) is 29.6. The Morgan fingerprint density at radius 1 is 0.281 bits per heavy atom. The van der Waals surface area contributed by atoms with Crippen LogP contribution in [-0.2, 0) is 0 Å². The van der Waals surface area contributed by atoms with Crippen molar-refractivity contribution in [1.29, 1.82) is 0 Å². The second-order valence-electron chi connectivity index (χ2n) is 16.1. The van der Waals surface area contributed by atoms with Gasteiger partial charge in [-0.05, 0) is 158 Å². The van der Waals surface area contributed by atoms with Crippen LogP contribution in [0.2, 0.25) is 0 Å². The van der Waals surface area contributed by atoms with Crippen LogP contribution >= 0.6 is 0 Å². The molecule has 13 aromatic carbocycles. The third kappa shape index (κ3) is 4.69. The number of hydrogen-bond acceptors (Lipinski definition) is 2. The van der Waals surface area contributed by atoms with Gasteiger partial charge in [-0.2, -0.15) is 0 Å². The zero-order valence-corrected chi connectivity index (χ0v) is 33.1. The maximum Gasteiger partial charge on any atom is 0.135 e. The summed E-state index contributed by atoms with van der Waals surface area (Å²) in [6.07, 6.45) is 0. The summed E-state index contributed by atoms with van der Waals surface area (Å²) in [5.41, 5.74) is 3.86. The van der Waals surface area contributed by atoms with E-state index in [2.05, 4.69) is 0 Å². The van der Waals surface area contributed by atoms with Crippen LogP contribution in [-0.4, -0.2) is 0 Å². The number of fused-ring (bicyclic) bond motifs is 6. The molecule has 15 rings (SSSR count). The first-order valence-corrected chi connectivity index (χ1v) is 20.6. The van der Waals surface area contributed by atoms with Crippen LogP contribution in [0.1, 0.15) is 24.7 Å². The summed E-state index contributed by atoms with van der Waals surface area (Å²) in [6, 6.07) is 18.9. The second-order valence-corrected chi connectivity index (χ2v) is 16.1. The predicted molar refractivity (Wildman–Crippen MR) is 270 cm³/mol. The Hall–Kier alpha value is -8.46. The fourth-order valence-electron chi connectivity index (χ4n) is 9.84. The third-order valence-electron chi connectivity index (χ3n) is 12.7. The molecule has 0 spiro atoms. The molecule has 64 heavy (non-hydrogen) atoms. The molecule has 15 aromatic rings. The lowest BCUT2D eigenvalue weighted by Crippen LogP contribution is -1.95. The summed E-state index contributed by atoms with van der Waals surface area (Å²) in [5, 5.41) is 0.860. The van der Waals surface area contributed by atoms with Gasteiger partial charge in [0.25, 0.3) is 0 Å². The van der Waals surface area contributed by atoms with Gasteiger partial charge in [0.1, 0.15) is 22.3 Å². The van der Waals surface area contributed by atoms with Gasteiger partial charge in [-0.3, -0.25) is 0 Å². The summed E-state index contributed by atoms with van der Waals surface area (Å²) in [6.45, 7) is 0. The molecule has 0 aliphatic rings. The molecule has 0 fully saturated rings. The Bertz CT molecular complexity index is 5460. The monoisotopic (exact) mass is 828 g/mol. The molecule has 0 N–H and O–H groups in total. The van der Waals surface area contributed by atoms with Gasteiger partial charge in [0, 0.05) is 21.5 Å². The largest absolute Gasteiger partial charge is 0.456 e. The number of hydrogen-bond donors (Lipinski definition) is 0. The van der Waals surface area contributed by atoms with Gasteiger partial charge in [0.15, 0.2) is 0 Å². The van der Waals surface area contributed by atoms with Gasteiger partial charge in [-0.25, -0.2) is 0 Å². The molecule has 0 bridgehead atoms. The third-order valence-corrected chi connectivity index (χ3v) is 12.7. The average molecular weight is 829 g/mol. The number of furan rings is 2. The first-order chi connectivity index (χ1) is 39.2. The molecule has 2 heteroatoms. The molecule has 0 unspecified atom stereocenters. The van der Waals surface area contributed by atoms with Crippen molar-refractivity contribution in [2.75, 3.05) is 0 Å². The van der Waals surface area contributed by atoms with Crippen LogP contribution in [0.15, 0.2) is 215 Å². The Kier molecular flexibility index (Phi) is 4.23. The van der Waals surface area contributed by atoms with E-state index in [1.54, 1.807) is 36.4 Å². The Balaban J connectivity index is 1.21. The summed E-state index contributed by atoms with van der Waals surface area (Å²) in [4.78, 5) is 0. The fourth-order valence-corrected chi connectivity index (χ4v) is 9.84. The molecule has 0 aliphatic heterocycles. The van der Waals surface area contributed by atoms with Gasteiger partial charge in [-0.1, -0.05) is 157 Å². The first kappa shape index (κ1) is 21.6. The van der Waals surface area contributed by atoms with E-state index in [9.17, 15) is 15.1 Å². The normalized spacial score (nSPS) is 16.3. The van der Waals surface area contributed by atoms with E-state index in [0.717, 1.165) is 10.8 Å². The zero-order valence-electron chi connectivity index (χ0n) is 51.1. The van der Waals surface area contributed by atoms with Crippen molar-refractivity contribution in [3.8, 4) is 44.5 Å². The van der Waals surface area contributed by atoms with Gasteiger partial charge >= 0.3 is 0 Å².